The third kappa shape index (κ3) is 4.34. The van der Waals surface area contributed by atoms with Crippen LogP contribution in [0.4, 0.5) is 10.1 Å². The molecule has 1 amide bonds. The molecule has 9 heteroatoms. The van der Waals surface area contributed by atoms with Gasteiger partial charge in [-0.1, -0.05) is 30.0 Å². The van der Waals surface area contributed by atoms with E-state index < -0.39 is 11.4 Å². The summed E-state index contributed by atoms with van der Waals surface area (Å²) in [7, 11) is 0. The molecule has 1 aliphatic heterocycles. The maximum Gasteiger partial charge on any atom is 0.277 e. The van der Waals surface area contributed by atoms with E-state index >= 15 is 0 Å². The highest BCUT2D eigenvalue weighted by Crippen LogP contribution is 2.36. The Balaban J connectivity index is 1.37. The van der Waals surface area contributed by atoms with Crippen molar-refractivity contribution in [2.45, 2.75) is 30.4 Å². The molecule has 0 fully saturated rings. The molecule has 0 saturated heterocycles. The molecule has 0 aliphatic carbocycles. The first-order valence-electron chi connectivity index (χ1n) is 8.95. The number of carbonyl (C=O) groups is 1. The van der Waals surface area contributed by atoms with E-state index in [1.807, 2.05) is 18.2 Å². The Kier molecular flexibility index (Phi) is 5.39. The van der Waals surface area contributed by atoms with Crippen LogP contribution in [-0.2, 0) is 4.79 Å². The number of aromatic nitrogens is 2. The van der Waals surface area contributed by atoms with Gasteiger partial charge in [-0.2, -0.15) is 0 Å². The number of halogens is 1. The molecule has 1 N–H and O–H groups in total. The summed E-state index contributed by atoms with van der Waals surface area (Å²) in [6, 6.07) is 11.9. The number of nitrogens with zero attached hydrogens (tertiary/aromatic N) is 2. The number of ether oxygens (including phenoxy) is 2. The maximum atomic E-state index is 13.6. The molecule has 150 valence electrons. The van der Waals surface area contributed by atoms with Crippen molar-refractivity contribution < 1.29 is 23.1 Å². The zero-order valence-electron chi connectivity index (χ0n) is 15.7. The maximum absolute atomic E-state index is 13.6. The summed E-state index contributed by atoms with van der Waals surface area (Å²) < 4.78 is 30.8. The lowest BCUT2D eigenvalue weighted by atomic mass is 10.2. The molecular weight excluding hydrogens is 397 g/mol. The van der Waals surface area contributed by atoms with Crippen LogP contribution in [0.25, 0.3) is 0 Å². The average molecular weight is 415 g/mol. The van der Waals surface area contributed by atoms with Gasteiger partial charge in [-0.3, -0.25) is 4.79 Å². The lowest BCUT2D eigenvalue weighted by molar-refractivity contribution is -0.115. The van der Waals surface area contributed by atoms with Crippen molar-refractivity contribution in [3.05, 3.63) is 59.7 Å². The minimum atomic E-state index is -0.531. The normalized spacial score (nSPS) is 16.3. The topological polar surface area (TPSA) is 86.5 Å². The van der Waals surface area contributed by atoms with E-state index in [1.165, 1.54) is 6.07 Å². The standard InChI is InChI=1S/C20H18FN3O4S/c1-11-7-8-13(9-14(11)21)22-18(25)12(2)29-20-24-23-19(28-20)17-10-26-15-5-3-4-6-16(15)27-17/h3-9,12,17H,10H2,1-2H3,(H,22,25)/t12-,17+/m0/s1. The number of para-hydroxylation sites is 2. The Bertz CT molecular complexity index is 1040. The quantitative estimate of drug-likeness (QED) is 0.627. The molecule has 0 spiro atoms. The number of aryl methyl sites for hydroxylation is 1. The molecule has 4 rings (SSSR count). The van der Waals surface area contributed by atoms with Gasteiger partial charge in [0.15, 0.2) is 11.5 Å². The minimum absolute atomic E-state index is 0.236. The molecule has 2 heterocycles. The van der Waals surface area contributed by atoms with E-state index in [2.05, 4.69) is 15.5 Å². The minimum Gasteiger partial charge on any atom is -0.485 e. The molecule has 0 radical (unpaired) electrons. The Hall–Kier alpha value is -3.07. The smallest absolute Gasteiger partial charge is 0.277 e. The van der Waals surface area contributed by atoms with Crippen molar-refractivity contribution in [1.29, 1.82) is 0 Å². The Morgan fingerprint density at radius 3 is 2.83 bits per heavy atom. The lowest BCUT2D eigenvalue weighted by Gasteiger charge is -2.23. The van der Waals surface area contributed by atoms with Crippen molar-refractivity contribution >= 4 is 23.4 Å². The van der Waals surface area contributed by atoms with E-state index in [0.29, 0.717) is 22.7 Å². The van der Waals surface area contributed by atoms with Gasteiger partial charge in [-0.15, -0.1) is 10.2 Å². The molecule has 7 nitrogen and oxygen atoms in total. The molecule has 2 atom stereocenters. The third-order valence-corrected chi connectivity index (χ3v) is 5.23. The molecule has 1 aromatic heterocycles. The number of hydrogen-bond donors (Lipinski definition) is 1. The first kappa shape index (κ1) is 19.3. The van der Waals surface area contributed by atoms with E-state index in [9.17, 15) is 9.18 Å². The number of nitrogens with one attached hydrogen (secondary N) is 1. The predicted molar refractivity (Wildman–Crippen MR) is 105 cm³/mol. The summed E-state index contributed by atoms with van der Waals surface area (Å²) in [5, 5.41) is 10.4. The molecule has 0 unspecified atom stereocenters. The molecule has 29 heavy (non-hydrogen) atoms. The van der Waals surface area contributed by atoms with Gasteiger partial charge in [0.05, 0.1) is 5.25 Å². The highest BCUT2D eigenvalue weighted by molar-refractivity contribution is 8.00. The fourth-order valence-electron chi connectivity index (χ4n) is 2.66. The van der Waals surface area contributed by atoms with Gasteiger partial charge in [0.2, 0.25) is 12.0 Å². The Morgan fingerprint density at radius 1 is 1.24 bits per heavy atom. The summed E-state index contributed by atoms with van der Waals surface area (Å²) in [4.78, 5) is 12.4. The Labute approximate surface area is 170 Å². The lowest BCUT2D eigenvalue weighted by Crippen LogP contribution is -2.22. The van der Waals surface area contributed by atoms with Crippen molar-refractivity contribution in [2.75, 3.05) is 11.9 Å². The molecule has 3 aromatic rings. The fourth-order valence-corrected chi connectivity index (χ4v) is 3.35. The first-order chi connectivity index (χ1) is 14.0. The average Bonchev–Trinajstić information content (AvgIpc) is 3.19. The van der Waals surface area contributed by atoms with Crippen LogP contribution in [0.3, 0.4) is 0 Å². The zero-order chi connectivity index (χ0) is 20.4. The number of amides is 1. The van der Waals surface area contributed by atoms with Gasteiger partial charge in [-0.25, -0.2) is 4.39 Å². The molecular formula is C20H18FN3O4S. The van der Waals surface area contributed by atoms with Crippen molar-refractivity contribution in [3.8, 4) is 11.5 Å². The number of fused-ring (bicyclic) bond motifs is 1. The second kappa shape index (κ2) is 8.12. The molecule has 0 saturated carbocycles. The predicted octanol–water partition coefficient (Wildman–Crippen LogP) is 4.15. The summed E-state index contributed by atoms with van der Waals surface area (Å²) >= 11 is 1.11. The third-order valence-electron chi connectivity index (χ3n) is 4.29. The van der Waals surface area contributed by atoms with Crippen molar-refractivity contribution in [1.82, 2.24) is 10.2 Å². The van der Waals surface area contributed by atoms with E-state index in [-0.39, 0.29) is 29.4 Å². The monoisotopic (exact) mass is 415 g/mol. The van der Waals surface area contributed by atoms with Crippen LogP contribution < -0.4 is 14.8 Å². The number of hydrogen-bond acceptors (Lipinski definition) is 7. The summed E-state index contributed by atoms with van der Waals surface area (Å²) in [6.45, 7) is 3.61. The van der Waals surface area contributed by atoms with Crippen LogP contribution in [0.1, 0.15) is 24.5 Å². The van der Waals surface area contributed by atoms with Gasteiger partial charge in [0.25, 0.3) is 11.1 Å². The number of rotatable bonds is 5. The van der Waals surface area contributed by atoms with Crippen LogP contribution in [0.2, 0.25) is 0 Å². The van der Waals surface area contributed by atoms with Crippen LogP contribution in [-0.4, -0.2) is 28.0 Å². The summed E-state index contributed by atoms with van der Waals surface area (Å²) in [5.41, 5.74) is 0.906. The highest BCUT2D eigenvalue weighted by Gasteiger charge is 2.28. The van der Waals surface area contributed by atoms with E-state index in [0.717, 1.165) is 11.8 Å². The number of carbonyl (C=O) groups excluding carboxylic acids is 1. The van der Waals surface area contributed by atoms with Gasteiger partial charge in [0, 0.05) is 5.69 Å². The summed E-state index contributed by atoms with van der Waals surface area (Å²) in [6.07, 6.45) is -0.522. The second-order valence-electron chi connectivity index (χ2n) is 6.48. The fraction of sp³-hybridized carbons (Fsp3) is 0.250. The van der Waals surface area contributed by atoms with Crippen molar-refractivity contribution in [3.63, 3.8) is 0 Å². The van der Waals surface area contributed by atoms with E-state index in [1.54, 1.807) is 32.0 Å². The van der Waals surface area contributed by atoms with Crippen LogP contribution in [0.5, 0.6) is 11.5 Å². The molecule has 0 bridgehead atoms. The second-order valence-corrected chi connectivity index (χ2v) is 7.78. The largest absolute Gasteiger partial charge is 0.485 e. The number of anilines is 1. The van der Waals surface area contributed by atoms with E-state index in [4.69, 9.17) is 13.9 Å². The van der Waals surface area contributed by atoms with Gasteiger partial charge < -0.3 is 19.2 Å². The first-order valence-corrected chi connectivity index (χ1v) is 9.83. The summed E-state index contributed by atoms with van der Waals surface area (Å²) in [5.74, 6) is 0.866. The molecule has 1 aliphatic rings. The van der Waals surface area contributed by atoms with Crippen LogP contribution >= 0.6 is 11.8 Å². The number of thioether (sulfide) groups is 1. The molecule has 2 aromatic carbocycles. The van der Waals surface area contributed by atoms with Crippen LogP contribution in [0.15, 0.2) is 52.1 Å². The van der Waals surface area contributed by atoms with Crippen LogP contribution in [0, 0.1) is 12.7 Å². The van der Waals surface area contributed by atoms with Gasteiger partial charge in [0.1, 0.15) is 12.4 Å². The van der Waals surface area contributed by atoms with Crippen molar-refractivity contribution in [2.24, 2.45) is 0 Å². The SMILES string of the molecule is Cc1ccc(NC(=O)[C@H](C)Sc2nnc([C@H]3COc4ccccc4O3)o2)cc1F. The number of benzene rings is 2. The Morgan fingerprint density at radius 2 is 2.03 bits per heavy atom. The van der Waals surface area contributed by atoms with Gasteiger partial charge in [-0.05, 0) is 43.7 Å². The zero-order valence-corrected chi connectivity index (χ0v) is 16.5. The highest BCUT2D eigenvalue weighted by atomic mass is 32.2. The van der Waals surface area contributed by atoms with Gasteiger partial charge >= 0.3 is 0 Å².